The van der Waals surface area contributed by atoms with E-state index in [9.17, 15) is 0 Å². The van der Waals surface area contributed by atoms with Gasteiger partial charge in [-0.2, -0.15) is 0 Å². The van der Waals surface area contributed by atoms with Crippen LogP contribution < -0.4 is 10.5 Å². The highest BCUT2D eigenvalue weighted by Crippen LogP contribution is 2.65. The van der Waals surface area contributed by atoms with Crippen LogP contribution in [0, 0.1) is 11.8 Å². The Bertz CT molecular complexity index is 391. The molecule has 2 aliphatic rings. The summed E-state index contributed by atoms with van der Waals surface area (Å²) in [6.07, 6.45) is 3.94. The van der Waals surface area contributed by atoms with Gasteiger partial charge in [0.05, 0.1) is 12.1 Å². The van der Waals surface area contributed by atoms with E-state index in [-0.39, 0.29) is 5.54 Å². The molecule has 86 valence electrons. The third kappa shape index (κ3) is 1.23. The summed E-state index contributed by atoms with van der Waals surface area (Å²) in [7, 11) is 0. The number of hydrogen-bond acceptors (Lipinski definition) is 2. The SMILES string of the molecule is CCOc1ccccc1C1(N)C2CCCC21. The molecule has 0 heterocycles. The molecule has 0 aliphatic heterocycles. The minimum atomic E-state index is -0.0794. The lowest BCUT2D eigenvalue weighted by molar-refractivity contribution is 0.329. The Morgan fingerprint density at radius 2 is 2.00 bits per heavy atom. The van der Waals surface area contributed by atoms with E-state index in [4.69, 9.17) is 10.5 Å². The molecule has 2 N–H and O–H groups in total. The molecule has 0 bridgehead atoms. The standard InChI is InChI=1S/C14H19NO/c1-2-16-13-9-4-3-6-12(13)14(15)10-7-5-8-11(10)14/h3-4,6,9-11H,2,5,7-8,15H2,1H3. The summed E-state index contributed by atoms with van der Waals surface area (Å²) in [6, 6.07) is 8.28. The molecule has 2 unspecified atom stereocenters. The number of rotatable bonds is 3. The summed E-state index contributed by atoms with van der Waals surface area (Å²) >= 11 is 0. The molecule has 2 nitrogen and oxygen atoms in total. The molecule has 2 aliphatic carbocycles. The van der Waals surface area contributed by atoms with Crippen molar-refractivity contribution in [2.45, 2.75) is 31.7 Å². The lowest BCUT2D eigenvalue weighted by atomic mass is 9.96. The minimum absolute atomic E-state index is 0.0794. The molecule has 1 aromatic carbocycles. The quantitative estimate of drug-likeness (QED) is 0.844. The van der Waals surface area contributed by atoms with Crippen LogP contribution in [-0.4, -0.2) is 6.61 Å². The van der Waals surface area contributed by atoms with Gasteiger partial charge in [-0.1, -0.05) is 24.6 Å². The predicted octanol–water partition coefficient (Wildman–Crippen LogP) is 2.67. The molecule has 0 aromatic heterocycles. The Labute approximate surface area is 96.8 Å². The zero-order valence-electron chi connectivity index (χ0n) is 9.78. The molecule has 2 fully saturated rings. The number of ether oxygens (including phenoxy) is 1. The molecule has 2 atom stereocenters. The number of nitrogens with two attached hydrogens (primary N) is 1. The van der Waals surface area contributed by atoms with Crippen LogP contribution in [0.4, 0.5) is 0 Å². The van der Waals surface area contributed by atoms with Crippen molar-refractivity contribution >= 4 is 0 Å². The van der Waals surface area contributed by atoms with E-state index in [0.717, 1.165) is 5.75 Å². The highest BCUT2D eigenvalue weighted by atomic mass is 16.5. The summed E-state index contributed by atoms with van der Waals surface area (Å²) in [5.74, 6) is 2.39. The van der Waals surface area contributed by atoms with Gasteiger partial charge in [0.15, 0.2) is 0 Å². The summed E-state index contributed by atoms with van der Waals surface area (Å²) in [5, 5.41) is 0. The smallest absolute Gasteiger partial charge is 0.124 e. The Hall–Kier alpha value is -1.02. The van der Waals surface area contributed by atoms with Gasteiger partial charge in [-0.15, -0.1) is 0 Å². The highest BCUT2D eigenvalue weighted by Gasteiger charge is 2.65. The Morgan fingerprint density at radius 1 is 1.31 bits per heavy atom. The maximum atomic E-state index is 6.57. The van der Waals surface area contributed by atoms with Gasteiger partial charge in [0.2, 0.25) is 0 Å². The second-order valence-electron chi connectivity index (χ2n) is 5.01. The first-order chi connectivity index (χ1) is 7.78. The van der Waals surface area contributed by atoms with Crippen LogP contribution in [0.3, 0.4) is 0 Å². The van der Waals surface area contributed by atoms with Crippen molar-refractivity contribution in [3.8, 4) is 5.75 Å². The summed E-state index contributed by atoms with van der Waals surface area (Å²) in [4.78, 5) is 0. The van der Waals surface area contributed by atoms with Crippen molar-refractivity contribution in [1.82, 2.24) is 0 Å². The minimum Gasteiger partial charge on any atom is -0.494 e. The fraction of sp³-hybridized carbons (Fsp3) is 0.571. The molecular formula is C14H19NO. The van der Waals surface area contributed by atoms with Gasteiger partial charge in [-0.25, -0.2) is 0 Å². The van der Waals surface area contributed by atoms with Gasteiger partial charge in [0.1, 0.15) is 5.75 Å². The summed E-state index contributed by atoms with van der Waals surface area (Å²) in [5.41, 5.74) is 7.72. The normalized spacial score (nSPS) is 35.9. The first kappa shape index (κ1) is 10.2. The van der Waals surface area contributed by atoms with Gasteiger partial charge in [-0.05, 0) is 37.7 Å². The first-order valence-electron chi connectivity index (χ1n) is 6.29. The predicted molar refractivity (Wildman–Crippen MR) is 64.3 cm³/mol. The van der Waals surface area contributed by atoms with Crippen LogP contribution in [0.1, 0.15) is 31.7 Å². The second-order valence-corrected chi connectivity index (χ2v) is 5.01. The largest absolute Gasteiger partial charge is 0.494 e. The van der Waals surface area contributed by atoms with E-state index in [2.05, 4.69) is 12.1 Å². The fourth-order valence-corrected chi connectivity index (χ4v) is 3.51. The number of fused-ring (bicyclic) bond motifs is 1. The summed E-state index contributed by atoms with van der Waals surface area (Å²) < 4.78 is 5.69. The van der Waals surface area contributed by atoms with E-state index in [0.29, 0.717) is 18.4 Å². The van der Waals surface area contributed by atoms with Crippen molar-refractivity contribution in [2.75, 3.05) is 6.61 Å². The number of hydrogen-bond donors (Lipinski definition) is 1. The van der Waals surface area contributed by atoms with Gasteiger partial charge >= 0.3 is 0 Å². The number of para-hydroxylation sites is 1. The first-order valence-corrected chi connectivity index (χ1v) is 6.29. The van der Waals surface area contributed by atoms with Crippen LogP contribution in [0.2, 0.25) is 0 Å². The number of benzene rings is 1. The molecule has 0 radical (unpaired) electrons. The van der Waals surface area contributed by atoms with Crippen LogP contribution in [0.5, 0.6) is 5.75 Å². The zero-order valence-corrected chi connectivity index (χ0v) is 9.78. The van der Waals surface area contributed by atoms with Crippen LogP contribution >= 0.6 is 0 Å². The third-order valence-corrected chi connectivity index (χ3v) is 4.29. The van der Waals surface area contributed by atoms with E-state index in [1.807, 2.05) is 19.1 Å². The van der Waals surface area contributed by atoms with E-state index in [1.54, 1.807) is 0 Å². The van der Waals surface area contributed by atoms with Gasteiger partial charge < -0.3 is 10.5 Å². The molecule has 16 heavy (non-hydrogen) atoms. The van der Waals surface area contributed by atoms with Gasteiger partial charge in [0, 0.05) is 5.56 Å². The average Bonchev–Trinajstić information content (AvgIpc) is 2.68. The Morgan fingerprint density at radius 3 is 2.69 bits per heavy atom. The molecular weight excluding hydrogens is 198 g/mol. The Kier molecular flexibility index (Phi) is 2.21. The van der Waals surface area contributed by atoms with E-state index >= 15 is 0 Å². The molecule has 0 spiro atoms. The zero-order chi connectivity index (χ0) is 11.2. The highest BCUT2D eigenvalue weighted by molar-refractivity contribution is 5.45. The van der Waals surface area contributed by atoms with Crippen molar-refractivity contribution in [3.63, 3.8) is 0 Å². The van der Waals surface area contributed by atoms with Crippen molar-refractivity contribution in [3.05, 3.63) is 29.8 Å². The lowest BCUT2D eigenvalue weighted by Crippen LogP contribution is -2.26. The van der Waals surface area contributed by atoms with Crippen molar-refractivity contribution in [1.29, 1.82) is 0 Å². The topological polar surface area (TPSA) is 35.2 Å². The molecule has 2 saturated carbocycles. The fourth-order valence-electron chi connectivity index (χ4n) is 3.51. The van der Waals surface area contributed by atoms with Crippen LogP contribution in [0.15, 0.2) is 24.3 Å². The average molecular weight is 217 g/mol. The van der Waals surface area contributed by atoms with Crippen LogP contribution in [0.25, 0.3) is 0 Å². The van der Waals surface area contributed by atoms with E-state index in [1.165, 1.54) is 24.8 Å². The van der Waals surface area contributed by atoms with E-state index < -0.39 is 0 Å². The van der Waals surface area contributed by atoms with Crippen molar-refractivity contribution in [2.24, 2.45) is 17.6 Å². The van der Waals surface area contributed by atoms with Crippen LogP contribution in [-0.2, 0) is 5.54 Å². The summed E-state index contributed by atoms with van der Waals surface area (Å²) in [6.45, 7) is 2.73. The monoisotopic (exact) mass is 217 g/mol. The molecule has 0 saturated heterocycles. The molecule has 2 heteroatoms. The third-order valence-electron chi connectivity index (χ3n) is 4.29. The molecule has 1 aromatic rings. The van der Waals surface area contributed by atoms with Gasteiger partial charge in [0.25, 0.3) is 0 Å². The van der Waals surface area contributed by atoms with Gasteiger partial charge in [-0.3, -0.25) is 0 Å². The Balaban J connectivity index is 1.95. The van der Waals surface area contributed by atoms with Crippen molar-refractivity contribution < 1.29 is 4.74 Å². The lowest BCUT2D eigenvalue weighted by Gasteiger charge is -2.19. The maximum Gasteiger partial charge on any atom is 0.124 e. The molecule has 0 amide bonds. The second kappa shape index (κ2) is 3.49. The maximum absolute atomic E-state index is 6.57. The molecule has 3 rings (SSSR count).